The quantitative estimate of drug-likeness (QED) is 0.865. The van der Waals surface area contributed by atoms with Crippen molar-refractivity contribution in [1.29, 1.82) is 5.26 Å². The van der Waals surface area contributed by atoms with Crippen LogP contribution in [0.5, 0.6) is 0 Å². The predicted octanol–water partition coefficient (Wildman–Crippen LogP) is 2.89. The van der Waals surface area contributed by atoms with Gasteiger partial charge in [-0.3, -0.25) is 4.79 Å². The molecule has 0 fully saturated rings. The van der Waals surface area contributed by atoms with Gasteiger partial charge in [0.05, 0.1) is 5.92 Å². The first-order chi connectivity index (χ1) is 10.5. The molecule has 0 radical (unpaired) electrons. The molecular weight excluding hydrogens is 283 g/mol. The summed E-state index contributed by atoms with van der Waals surface area (Å²) in [5, 5.41) is 9.39. The Morgan fingerprint density at radius 2 is 2.09 bits per heavy atom. The van der Waals surface area contributed by atoms with Crippen molar-refractivity contribution in [3.8, 4) is 6.07 Å². The van der Waals surface area contributed by atoms with E-state index in [4.69, 9.17) is 10.5 Å². The number of carbonyl (C=O) groups is 1. The summed E-state index contributed by atoms with van der Waals surface area (Å²) in [6, 6.07) is 8.10. The molecule has 1 aromatic rings. The van der Waals surface area contributed by atoms with Gasteiger partial charge in [0.2, 0.25) is 5.88 Å². The summed E-state index contributed by atoms with van der Waals surface area (Å²) in [6.45, 7) is 1.95. The number of nitrogens with zero attached hydrogens (tertiary/aromatic N) is 1. The van der Waals surface area contributed by atoms with E-state index in [9.17, 15) is 14.4 Å². The first-order valence-corrected chi connectivity index (χ1v) is 7.11. The van der Waals surface area contributed by atoms with Gasteiger partial charge in [0.25, 0.3) is 0 Å². The van der Waals surface area contributed by atoms with E-state index >= 15 is 0 Å². The SMILES string of the molecule is C[C@@H]1CC(=O)C2=C(C1)OC(N)=C(C#N)[C@H]2c1ccccc1F. The minimum atomic E-state index is -0.782. The smallest absolute Gasteiger partial charge is 0.205 e. The number of carbonyl (C=O) groups excluding carboxylic acids is 1. The molecule has 112 valence electrons. The van der Waals surface area contributed by atoms with E-state index in [1.165, 1.54) is 6.07 Å². The summed E-state index contributed by atoms with van der Waals surface area (Å²) in [5.41, 5.74) is 6.57. The second kappa shape index (κ2) is 5.30. The van der Waals surface area contributed by atoms with E-state index in [1.54, 1.807) is 18.2 Å². The average molecular weight is 298 g/mol. The van der Waals surface area contributed by atoms with Gasteiger partial charge in [-0.05, 0) is 12.0 Å². The topological polar surface area (TPSA) is 76.1 Å². The zero-order valence-corrected chi connectivity index (χ0v) is 12.1. The van der Waals surface area contributed by atoms with E-state index in [0.29, 0.717) is 24.2 Å². The number of hydrogen-bond acceptors (Lipinski definition) is 4. The molecule has 1 aliphatic carbocycles. The van der Waals surface area contributed by atoms with Gasteiger partial charge in [0, 0.05) is 24.0 Å². The minimum absolute atomic E-state index is 0.0450. The van der Waals surface area contributed by atoms with Crippen LogP contribution in [0, 0.1) is 23.1 Å². The highest BCUT2D eigenvalue weighted by Gasteiger charge is 2.40. The van der Waals surface area contributed by atoms with Gasteiger partial charge in [-0.25, -0.2) is 4.39 Å². The maximum atomic E-state index is 14.2. The fraction of sp³-hybridized carbons (Fsp3) is 0.294. The van der Waals surface area contributed by atoms with Crippen molar-refractivity contribution in [3.05, 3.63) is 58.4 Å². The van der Waals surface area contributed by atoms with E-state index in [-0.39, 0.29) is 28.7 Å². The molecule has 0 amide bonds. The number of hydrogen-bond donors (Lipinski definition) is 1. The van der Waals surface area contributed by atoms with Crippen LogP contribution in [-0.4, -0.2) is 5.78 Å². The van der Waals surface area contributed by atoms with Gasteiger partial charge in [0.15, 0.2) is 5.78 Å². The molecule has 1 aromatic carbocycles. The van der Waals surface area contributed by atoms with Crippen molar-refractivity contribution in [3.63, 3.8) is 0 Å². The van der Waals surface area contributed by atoms with Crippen LogP contribution >= 0.6 is 0 Å². The zero-order chi connectivity index (χ0) is 15.9. The number of halogens is 1. The Balaban J connectivity index is 2.22. The van der Waals surface area contributed by atoms with Crippen LogP contribution < -0.4 is 5.73 Å². The van der Waals surface area contributed by atoms with Crippen LogP contribution in [0.2, 0.25) is 0 Å². The van der Waals surface area contributed by atoms with Crippen LogP contribution in [0.4, 0.5) is 4.39 Å². The molecule has 0 saturated carbocycles. The number of nitrogens with two attached hydrogens (primary N) is 1. The Kier molecular flexibility index (Phi) is 3.45. The lowest BCUT2D eigenvalue weighted by Gasteiger charge is -2.33. The van der Waals surface area contributed by atoms with Crippen molar-refractivity contribution in [2.24, 2.45) is 11.7 Å². The lowest BCUT2D eigenvalue weighted by molar-refractivity contribution is -0.117. The van der Waals surface area contributed by atoms with Crippen molar-refractivity contribution < 1.29 is 13.9 Å². The summed E-state index contributed by atoms with van der Waals surface area (Å²) < 4.78 is 19.7. The summed E-state index contributed by atoms with van der Waals surface area (Å²) in [7, 11) is 0. The van der Waals surface area contributed by atoms with Crippen LogP contribution in [0.1, 0.15) is 31.2 Å². The minimum Gasteiger partial charge on any atom is -0.444 e. The first-order valence-electron chi connectivity index (χ1n) is 7.11. The second-order valence-corrected chi connectivity index (χ2v) is 5.72. The fourth-order valence-electron chi connectivity index (χ4n) is 3.11. The van der Waals surface area contributed by atoms with Crippen LogP contribution in [0.3, 0.4) is 0 Å². The number of Topliss-reactive ketones (excluding diaryl/α,β-unsaturated/α-hetero) is 1. The third kappa shape index (κ3) is 2.17. The lowest BCUT2D eigenvalue weighted by Crippen LogP contribution is -2.30. The summed E-state index contributed by atoms with van der Waals surface area (Å²) in [5.74, 6) is -0.792. The predicted molar refractivity (Wildman–Crippen MR) is 77.5 cm³/mol. The Morgan fingerprint density at radius 3 is 2.77 bits per heavy atom. The summed E-state index contributed by atoms with van der Waals surface area (Å²) in [6.07, 6.45) is 0.928. The van der Waals surface area contributed by atoms with Gasteiger partial charge in [-0.15, -0.1) is 0 Å². The maximum absolute atomic E-state index is 14.2. The van der Waals surface area contributed by atoms with E-state index < -0.39 is 11.7 Å². The third-order valence-electron chi connectivity index (χ3n) is 4.08. The molecule has 1 aliphatic heterocycles. The molecule has 0 bridgehead atoms. The maximum Gasteiger partial charge on any atom is 0.205 e. The molecular formula is C17H15FN2O2. The highest BCUT2D eigenvalue weighted by Crippen LogP contribution is 2.44. The van der Waals surface area contributed by atoms with Gasteiger partial charge >= 0.3 is 0 Å². The average Bonchev–Trinajstić information content (AvgIpc) is 2.46. The third-order valence-corrected chi connectivity index (χ3v) is 4.08. The zero-order valence-electron chi connectivity index (χ0n) is 12.1. The molecule has 0 unspecified atom stereocenters. The number of nitriles is 1. The molecule has 2 aliphatic rings. The van der Waals surface area contributed by atoms with Crippen molar-refractivity contribution in [1.82, 2.24) is 0 Å². The Hall–Kier alpha value is -2.61. The molecule has 1 heterocycles. The van der Waals surface area contributed by atoms with Gasteiger partial charge < -0.3 is 10.5 Å². The highest BCUT2D eigenvalue weighted by molar-refractivity contribution is 5.99. The molecule has 0 aromatic heterocycles. The number of rotatable bonds is 1. The molecule has 5 heteroatoms. The largest absolute Gasteiger partial charge is 0.444 e. The Morgan fingerprint density at radius 1 is 1.36 bits per heavy atom. The highest BCUT2D eigenvalue weighted by atomic mass is 19.1. The van der Waals surface area contributed by atoms with Gasteiger partial charge in [-0.2, -0.15) is 5.26 Å². The molecule has 0 saturated heterocycles. The molecule has 22 heavy (non-hydrogen) atoms. The molecule has 3 rings (SSSR count). The second-order valence-electron chi connectivity index (χ2n) is 5.72. The van der Waals surface area contributed by atoms with Crippen LogP contribution in [0.25, 0.3) is 0 Å². The molecule has 4 nitrogen and oxygen atoms in total. The van der Waals surface area contributed by atoms with Crippen molar-refractivity contribution in [2.75, 3.05) is 0 Å². The molecule has 2 atom stereocenters. The Labute approximate surface area is 127 Å². The van der Waals surface area contributed by atoms with E-state index in [1.807, 2.05) is 13.0 Å². The molecule has 2 N–H and O–H groups in total. The van der Waals surface area contributed by atoms with Crippen LogP contribution in [-0.2, 0) is 9.53 Å². The standard InChI is InChI=1S/C17H15FN2O2/c1-9-6-13(21)16-14(7-9)22-17(20)11(8-19)15(16)10-4-2-3-5-12(10)18/h2-5,9,15H,6-7,20H2,1H3/t9-,15-/m1/s1. The fourth-order valence-corrected chi connectivity index (χ4v) is 3.11. The van der Waals surface area contributed by atoms with Gasteiger partial charge in [0.1, 0.15) is 23.2 Å². The lowest BCUT2D eigenvalue weighted by atomic mass is 9.75. The summed E-state index contributed by atoms with van der Waals surface area (Å²) in [4.78, 5) is 12.5. The van der Waals surface area contributed by atoms with Crippen molar-refractivity contribution in [2.45, 2.75) is 25.7 Å². The molecule has 0 spiro atoms. The normalized spacial score (nSPS) is 24.7. The number of ketones is 1. The van der Waals surface area contributed by atoms with Crippen LogP contribution in [0.15, 0.2) is 47.1 Å². The van der Waals surface area contributed by atoms with E-state index in [0.717, 1.165) is 0 Å². The van der Waals surface area contributed by atoms with Crippen molar-refractivity contribution >= 4 is 5.78 Å². The first kappa shape index (κ1) is 14.3. The monoisotopic (exact) mass is 298 g/mol. The van der Waals surface area contributed by atoms with E-state index in [2.05, 4.69) is 0 Å². The van der Waals surface area contributed by atoms with Gasteiger partial charge in [-0.1, -0.05) is 25.1 Å². The number of allylic oxidation sites excluding steroid dienone is 3. The summed E-state index contributed by atoms with van der Waals surface area (Å²) >= 11 is 0. The Bertz CT molecular complexity index is 758. The number of ether oxygens (including phenoxy) is 1. The number of benzene rings is 1.